The van der Waals surface area contributed by atoms with E-state index in [1.165, 1.54) is 0 Å². The standard InChI is InChI=1S/C17H19N3O2S/c1-2-18-16(23)20-19-15(21)17(22,13-9-5-3-6-10-13)14-11-7-4-8-12-14/h3-12,22H,2H2,1H3,(H,19,21)(H2,18,20,23). The minimum absolute atomic E-state index is 0.282. The Labute approximate surface area is 140 Å². The summed E-state index contributed by atoms with van der Waals surface area (Å²) in [6, 6.07) is 17.5. The molecule has 0 fully saturated rings. The molecule has 0 atom stereocenters. The molecule has 6 heteroatoms. The van der Waals surface area contributed by atoms with E-state index in [1.807, 2.05) is 19.1 Å². The third kappa shape index (κ3) is 3.85. The van der Waals surface area contributed by atoms with Gasteiger partial charge in [0.25, 0.3) is 5.91 Å². The molecule has 0 aliphatic heterocycles. The van der Waals surface area contributed by atoms with Crippen LogP contribution < -0.4 is 16.2 Å². The molecule has 120 valence electrons. The predicted octanol–water partition coefficient (Wildman–Crippen LogP) is 1.44. The lowest BCUT2D eigenvalue weighted by Gasteiger charge is -2.28. The van der Waals surface area contributed by atoms with E-state index >= 15 is 0 Å². The SMILES string of the molecule is CCNC(=S)NNC(=O)C(O)(c1ccccc1)c1ccccc1. The summed E-state index contributed by atoms with van der Waals surface area (Å²) in [5.41, 5.74) is 4.17. The van der Waals surface area contributed by atoms with Crippen molar-refractivity contribution in [1.29, 1.82) is 0 Å². The number of aliphatic hydroxyl groups is 1. The number of amides is 1. The van der Waals surface area contributed by atoms with Crippen LogP contribution in [0.3, 0.4) is 0 Å². The van der Waals surface area contributed by atoms with Gasteiger partial charge in [-0.2, -0.15) is 0 Å². The van der Waals surface area contributed by atoms with Crippen molar-refractivity contribution in [3.63, 3.8) is 0 Å². The van der Waals surface area contributed by atoms with Crippen molar-refractivity contribution >= 4 is 23.2 Å². The van der Waals surface area contributed by atoms with Gasteiger partial charge < -0.3 is 10.4 Å². The van der Waals surface area contributed by atoms with Gasteiger partial charge in [0.1, 0.15) is 0 Å². The minimum atomic E-state index is -1.82. The molecule has 1 amide bonds. The van der Waals surface area contributed by atoms with Gasteiger partial charge in [-0.25, -0.2) is 0 Å². The highest BCUT2D eigenvalue weighted by atomic mass is 32.1. The Balaban J connectivity index is 2.31. The van der Waals surface area contributed by atoms with E-state index in [4.69, 9.17) is 12.2 Å². The number of thiocarbonyl (C=S) groups is 1. The minimum Gasteiger partial charge on any atom is -0.372 e. The van der Waals surface area contributed by atoms with Gasteiger partial charge in [0.2, 0.25) is 0 Å². The smallest absolute Gasteiger partial charge is 0.279 e. The Morgan fingerprint density at radius 2 is 1.48 bits per heavy atom. The van der Waals surface area contributed by atoms with Crippen LogP contribution in [0.2, 0.25) is 0 Å². The van der Waals surface area contributed by atoms with Crippen molar-refractivity contribution < 1.29 is 9.90 Å². The number of hydrazine groups is 1. The van der Waals surface area contributed by atoms with E-state index < -0.39 is 11.5 Å². The van der Waals surface area contributed by atoms with Gasteiger partial charge in [0.05, 0.1) is 0 Å². The molecule has 5 nitrogen and oxygen atoms in total. The predicted molar refractivity (Wildman–Crippen MR) is 93.4 cm³/mol. The Hall–Kier alpha value is -2.44. The van der Waals surface area contributed by atoms with E-state index in [0.29, 0.717) is 17.7 Å². The molecule has 0 aliphatic carbocycles. The number of hydrogen-bond acceptors (Lipinski definition) is 3. The molecule has 0 aromatic heterocycles. The maximum absolute atomic E-state index is 12.7. The van der Waals surface area contributed by atoms with Crippen LogP contribution in [0.25, 0.3) is 0 Å². The maximum atomic E-state index is 12.7. The maximum Gasteiger partial charge on any atom is 0.279 e. The van der Waals surface area contributed by atoms with Crippen LogP contribution in [0.4, 0.5) is 0 Å². The Bertz CT molecular complexity index is 623. The molecule has 0 radical (unpaired) electrons. The molecule has 2 rings (SSSR count). The lowest BCUT2D eigenvalue weighted by atomic mass is 9.85. The largest absolute Gasteiger partial charge is 0.372 e. The number of nitrogens with one attached hydrogen (secondary N) is 3. The first-order valence-corrected chi connectivity index (χ1v) is 7.67. The van der Waals surface area contributed by atoms with Crippen molar-refractivity contribution in [3.05, 3.63) is 71.8 Å². The van der Waals surface area contributed by atoms with Gasteiger partial charge in [0.15, 0.2) is 10.7 Å². The van der Waals surface area contributed by atoms with Gasteiger partial charge in [-0.1, -0.05) is 60.7 Å². The fourth-order valence-electron chi connectivity index (χ4n) is 2.20. The van der Waals surface area contributed by atoms with Crippen LogP contribution in [0.5, 0.6) is 0 Å². The first-order chi connectivity index (χ1) is 11.1. The van der Waals surface area contributed by atoms with Gasteiger partial charge in [0, 0.05) is 6.54 Å². The van der Waals surface area contributed by atoms with Crippen molar-refractivity contribution in [2.24, 2.45) is 0 Å². The van der Waals surface area contributed by atoms with Gasteiger partial charge in [-0.3, -0.25) is 15.6 Å². The van der Waals surface area contributed by atoms with E-state index in [1.54, 1.807) is 48.5 Å². The molecule has 0 spiro atoms. The Kier molecular flexibility index (Phi) is 5.67. The monoisotopic (exact) mass is 329 g/mol. The quantitative estimate of drug-likeness (QED) is 0.505. The fraction of sp³-hybridized carbons (Fsp3) is 0.176. The average Bonchev–Trinajstić information content (AvgIpc) is 2.60. The summed E-state index contributed by atoms with van der Waals surface area (Å²) in [6.45, 7) is 2.52. The molecular formula is C17H19N3O2S. The number of hydrogen-bond donors (Lipinski definition) is 4. The first kappa shape index (κ1) is 16.9. The van der Waals surface area contributed by atoms with Gasteiger partial charge in [-0.15, -0.1) is 0 Å². The number of carbonyl (C=O) groups excluding carboxylic acids is 1. The highest BCUT2D eigenvalue weighted by Gasteiger charge is 2.39. The molecule has 0 saturated carbocycles. The van der Waals surface area contributed by atoms with E-state index in [2.05, 4.69) is 16.2 Å². The number of carbonyl (C=O) groups is 1. The summed E-state index contributed by atoms with van der Waals surface area (Å²) >= 11 is 5.01. The van der Waals surface area contributed by atoms with Crippen molar-refractivity contribution in [1.82, 2.24) is 16.2 Å². The molecule has 2 aromatic carbocycles. The van der Waals surface area contributed by atoms with Crippen LogP contribution in [0, 0.1) is 0 Å². The van der Waals surface area contributed by atoms with E-state index in [9.17, 15) is 9.90 Å². The first-order valence-electron chi connectivity index (χ1n) is 7.26. The molecule has 0 unspecified atom stereocenters. The molecule has 0 aliphatic rings. The second-order valence-electron chi connectivity index (χ2n) is 4.88. The Morgan fingerprint density at radius 3 is 1.91 bits per heavy atom. The van der Waals surface area contributed by atoms with Gasteiger partial charge in [-0.05, 0) is 30.3 Å². The van der Waals surface area contributed by atoms with Crippen LogP contribution in [-0.2, 0) is 10.4 Å². The average molecular weight is 329 g/mol. The lowest BCUT2D eigenvalue weighted by molar-refractivity contribution is -0.137. The summed E-state index contributed by atoms with van der Waals surface area (Å²) in [7, 11) is 0. The highest BCUT2D eigenvalue weighted by Crippen LogP contribution is 2.29. The van der Waals surface area contributed by atoms with Crippen LogP contribution in [0.1, 0.15) is 18.1 Å². The summed E-state index contributed by atoms with van der Waals surface area (Å²) in [5.74, 6) is -0.616. The van der Waals surface area contributed by atoms with Crippen molar-refractivity contribution in [2.75, 3.05) is 6.54 Å². The normalized spacial score (nSPS) is 10.7. The van der Waals surface area contributed by atoms with Crippen molar-refractivity contribution in [2.45, 2.75) is 12.5 Å². The molecule has 0 saturated heterocycles. The lowest BCUT2D eigenvalue weighted by Crippen LogP contribution is -2.54. The molecule has 0 bridgehead atoms. The van der Waals surface area contributed by atoms with Gasteiger partial charge >= 0.3 is 0 Å². The second kappa shape index (κ2) is 7.71. The van der Waals surface area contributed by atoms with Crippen LogP contribution in [0.15, 0.2) is 60.7 Å². The third-order valence-electron chi connectivity index (χ3n) is 3.34. The number of rotatable bonds is 4. The zero-order valence-electron chi connectivity index (χ0n) is 12.7. The zero-order valence-corrected chi connectivity index (χ0v) is 13.6. The highest BCUT2D eigenvalue weighted by molar-refractivity contribution is 7.80. The molecule has 2 aromatic rings. The summed E-state index contributed by atoms with van der Waals surface area (Å²) < 4.78 is 0. The van der Waals surface area contributed by atoms with Crippen molar-refractivity contribution in [3.8, 4) is 0 Å². The molecule has 23 heavy (non-hydrogen) atoms. The molecular weight excluding hydrogens is 310 g/mol. The molecule has 4 N–H and O–H groups in total. The summed E-state index contributed by atoms with van der Waals surface area (Å²) in [4.78, 5) is 12.7. The topological polar surface area (TPSA) is 73.4 Å². The summed E-state index contributed by atoms with van der Waals surface area (Å²) in [5, 5.41) is 14.3. The second-order valence-corrected chi connectivity index (χ2v) is 5.29. The van der Waals surface area contributed by atoms with E-state index in [0.717, 1.165) is 0 Å². The summed E-state index contributed by atoms with van der Waals surface area (Å²) in [6.07, 6.45) is 0. The number of benzene rings is 2. The van der Waals surface area contributed by atoms with E-state index in [-0.39, 0.29) is 5.11 Å². The fourth-order valence-corrected chi connectivity index (χ4v) is 2.39. The zero-order chi connectivity index (χ0) is 16.7. The molecule has 0 heterocycles. The Morgan fingerprint density at radius 1 is 1.00 bits per heavy atom. The van der Waals surface area contributed by atoms with Crippen LogP contribution >= 0.6 is 12.2 Å². The third-order valence-corrected chi connectivity index (χ3v) is 3.59. The van der Waals surface area contributed by atoms with Crippen LogP contribution in [-0.4, -0.2) is 22.7 Å².